The Morgan fingerprint density at radius 2 is 1.47 bits per heavy atom. The molecule has 0 rings (SSSR count). The maximum absolute atomic E-state index is 12.0. The van der Waals surface area contributed by atoms with Crippen molar-refractivity contribution >= 4 is 11.8 Å². The minimum atomic E-state index is -0.536. The maximum atomic E-state index is 12.0. The van der Waals surface area contributed by atoms with E-state index in [0.29, 0.717) is 6.42 Å². The molecule has 3 unspecified atom stereocenters. The highest BCUT2D eigenvalue weighted by Crippen LogP contribution is 2.09. The van der Waals surface area contributed by atoms with Crippen molar-refractivity contribution in [3.8, 4) is 0 Å². The molecular formula is C14H28N2O3. The molecule has 0 spiro atoms. The first kappa shape index (κ1) is 17.9. The van der Waals surface area contributed by atoms with Gasteiger partial charge in [0.2, 0.25) is 11.8 Å². The van der Waals surface area contributed by atoms with Crippen molar-refractivity contribution in [3.05, 3.63) is 0 Å². The maximum Gasteiger partial charge on any atom is 0.243 e. The van der Waals surface area contributed by atoms with E-state index >= 15 is 0 Å². The fraction of sp³-hybridized carbons (Fsp3) is 0.857. The fourth-order valence-corrected chi connectivity index (χ4v) is 1.82. The predicted octanol–water partition coefficient (Wildman–Crippen LogP) is 1.06. The third-order valence-corrected chi connectivity index (χ3v) is 2.82. The van der Waals surface area contributed by atoms with Gasteiger partial charge < -0.3 is 15.7 Å². The molecular weight excluding hydrogens is 244 g/mol. The lowest BCUT2D eigenvalue weighted by Crippen LogP contribution is -2.52. The van der Waals surface area contributed by atoms with E-state index in [1.807, 2.05) is 27.7 Å². The number of aliphatic hydroxyl groups excluding tert-OH is 1. The van der Waals surface area contributed by atoms with Crippen LogP contribution in [-0.2, 0) is 9.59 Å². The van der Waals surface area contributed by atoms with Crippen molar-refractivity contribution in [2.45, 2.75) is 66.2 Å². The first-order valence-electron chi connectivity index (χ1n) is 6.94. The number of aliphatic hydroxyl groups is 1. The molecule has 19 heavy (non-hydrogen) atoms. The molecule has 0 aliphatic rings. The van der Waals surface area contributed by atoms with Crippen molar-refractivity contribution in [1.82, 2.24) is 10.6 Å². The van der Waals surface area contributed by atoms with Crippen LogP contribution < -0.4 is 10.6 Å². The molecule has 5 heteroatoms. The third-order valence-electron chi connectivity index (χ3n) is 2.82. The van der Waals surface area contributed by atoms with Crippen LogP contribution in [0.3, 0.4) is 0 Å². The van der Waals surface area contributed by atoms with E-state index in [4.69, 9.17) is 0 Å². The van der Waals surface area contributed by atoms with E-state index in [1.54, 1.807) is 13.8 Å². The summed E-state index contributed by atoms with van der Waals surface area (Å²) in [6.45, 7) is 10.9. The molecule has 112 valence electrons. The molecule has 0 aromatic heterocycles. The number of carbonyl (C=O) groups is 2. The first-order chi connectivity index (χ1) is 8.65. The lowest BCUT2D eigenvalue weighted by Gasteiger charge is -2.24. The minimum absolute atomic E-state index is 0.0152. The molecule has 0 aromatic carbocycles. The van der Waals surface area contributed by atoms with Gasteiger partial charge in [0.1, 0.15) is 6.04 Å². The van der Waals surface area contributed by atoms with E-state index in [2.05, 4.69) is 10.6 Å². The van der Waals surface area contributed by atoms with Crippen molar-refractivity contribution in [2.75, 3.05) is 0 Å². The van der Waals surface area contributed by atoms with Crippen LogP contribution in [0, 0.1) is 11.8 Å². The number of rotatable bonds is 7. The Kier molecular flexibility index (Phi) is 7.68. The van der Waals surface area contributed by atoms with Gasteiger partial charge in [0.15, 0.2) is 0 Å². The smallest absolute Gasteiger partial charge is 0.243 e. The molecule has 0 aromatic rings. The largest absolute Gasteiger partial charge is 0.393 e. The van der Waals surface area contributed by atoms with E-state index in [0.717, 1.165) is 0 Å². The van der Waals surface area contributed by atoms with Crippen molar-refractivity contribution < 1.29 is 14.7 Å². The van der Waals surface area contributed by atoms with Crippen molar-refractivity contribution in [3.63, 3.8) is 0 Å². The molecule has 0 saturated carbocycles. The molecule has 3 N–H and O–H groups in total. The molecule has 2 amide bonds. The zero-order valence-corrected chi connectivity index (χ0v) is 12.9. The van der Waals surface area contributed by atoms with Gasteiger partial charge in [-0.1, -0.05) is 20.8 Å². The summed E-state index contributed by atoms with van der Waals surface area (Å²) < 4.78 is 0. The number of carbonyl (C=O) groups excluding carboxylic acids is 2. The van der Waals surface area contributed by atoms with Crippen LogP contribution in [0.25, 0.3) is 0 Å². The van der Waals surface area contributed by atoms with Crippen LogP contribution in [0.15, 0.2) is 0 Å². The predicted molar refractivity (Wildman–Crippen MR) is 75.5 cm³/mol. The molecule has 0 aliphatic carbocycles. The summed E-state index contributed by atoms with van der Waals surface area (Å²) in [5.74, 6) is -0.657. The first-order valence-corrected chi connectivity index (χ1v) is 6.94. The normalized spacial score (nSPS) is 16.1. The third kappa shape index (κ3) is 7.15. The minimum Gasteiger partial charge on any atom is -0.393 e. The average Bonchev–Trinajstić information content (AvgIpc) is 2.22. The summed E-state index contributed by atoms with van der Waals surface area (Å²) in [6.07, 6.45) is -0.134. The van der Waals surface area contributed by atoms with Crippen molar-refractivity contribution in [1.29, 1.82) is 0 Å². The second kappa shape index (κ2) is 8.15. The zero-order valence-electron chi connectivity index (χ0n) is 12.9. The van der Waals surface area contributed by atoms with Gasteiger partial charge in [-0.15, -0.1) is 0 Å². The van der Waals surface area contributed by atoms with Crippen LogP contribution in [0.4, 0.5) is 0 Å². The van der Waals surface area contributed by atoms with Gasteiger partial charge in [0, 0.05) is 12.0 Å². The summed E-state index contributed by atoms with van der Waals surface area (Å²) in [5.41, 5.74) is 0. The van der Waals surface area contributed by atoms with Crippen LogP contribution in [0.5, 0.6) is 0 Å². The van der Waals surface area contributed by atoms with Crippen molar-refractivity contribution in [2.24, 2.45) is 11.8 Å². The van der Waals surface area contributed by atoms with Gasteiger partial charge in [-0.25, -0.2) is 0 Å². The van der Waals surface area contributed by atoms with Gasteiger partial charge in [-0.05, 0) is 33.1 Å². The molecule has 0 fully saturated rings. The Labute approximate surface area is 116 Å². The Balaban J connectivity index is 4.58. The van der Waals surface area contributed by atoms with Gasteiger partial charge in [-0.3, -0.25) is 9.59 Å². The molecule has 0 heterocycles. The standard InChI is InChI=1S/C14H28N2O3/c1-8(2)12(14(19)15-9(3)4)16-13(18)10(5)7-11(6)17/h8-12,17H,7H2,1-6H3,(H,15,19)(H,16,18). The summed E-state index contributed by atoms with van der Waals surface area (Å²) >= 11 is 0. The Bertz CT molecular complexity index is 301. The zero-order chi connectivity index (χ0) is 15.2. The second-order valence-corrected chi connectivity index (χ2v) is 5.88. The molecule has 0 bridgehead atoms. The van der Waals surface area contributed by atoms with Gasteiger partial charge in [0.05, 0.1) is 6.10 Å². The summed E-state index contributed by atoms with van der Waals surface area (Å²) in [5, 5.41) is 14.9. The van der Waals surface area contributed by atoms with Gasteiger partial charge >= 0.3 is 0 Å². The highest BCUT2D eigenvalue weighted by Gasteiger charge is 2.26. The summed E-state index contributed by atoms with van der Waals surface area (Å²) in [6, 6.07) is -0.494. The van der Waals surface area contributed by atoms with Gasteiger partial charge in [0.25, 0.3) is 0 Å². The second-order valence-electron chi connectivity index (χ2n) is 5.88. The van der Waals surface area contributed by atoms with E-state index in [1.165, 1.54) is 0 Å². The Hall–Kier alpha value is -1.10. The number of hydrogen-bond acceptors (Lipinski definition) is 3. The van der Waals surface area contributed by atoms with Gasteiger partial charge in [-0.2, -0.15) is 0 Å². The SMILES string of the molecule is CC(O)CC(C)C(=O)NC(C(=O)NC(C)C)C(C)C. The van der Waals surface area contributed by atoms with Crippen LogP contribution in [-0.4, -0.2) is 35.1 Å². The highest BCUT2D eigenvalue weighted by molar-refractivity contribution is 5.88. The van der Waals surface area contributed by atoms with Crippen LogP contribution in [0.1, 0.15) is 48.0 Å². The highest BCUT2D eigenvalue weighted by atomic mass is 16.3. The number of amides is 2. The lowest BCUT2D eigenvalue weighted by molar-refractivity contribution is -0.132. The average molecular weight is 272 g/mol. The molecule has 3 atom stereocenters. The van der Waals surface area contributed by atoms with E-state index in [-0.39, 0.29) is 29.7 Å². The summed E-state index contributed by atoms with van der Waals surface area (Å²) in [7, 11) is 0. The molecule has 0 saturated heterocycles. The number of nitrogens with one attached hydrogen (secondary N) is 2. The quantitative estimate of drug-likeness (QED) is 0.648. The van der Waals surface area contributed by atoms with E-state index in [9.17, 15) is 14.7 Å². The molecule has 0 aliphatic heterocycles. The number of hydrogen-bond donors (Lipinski definition) is 3. The Morgan fingerprint density at radius 3 is 1.84 bits per heavy atom. The molecule has 0 radical (unpaired) electrons. The van der Waals surface area contributed by atoms with E-state index < -0.39 is 12.1 Å². The topological polar surface area (TPSA) is 78.4 Å². The Morgan fingerprint density at radius 1 is 0.947 bits per heavy atom. The van der Waals surface area contributed by atoms with Crippen LogP contribution >= 0.6 is 0 Å². The fourth-order valence-electron chi connectivity index (χ4n) is 1.82. The van der Waals surface area contributed by atoms with Crippen LogP contribution in [0.2, 0.25) is 0 Å². The molecule has 5 nitrogen and oxygen atoms in total. The lowest BCUT2D eigenvalue weighted by atomic mass is 9.99. The monoisotopic (exact) mass is 272 g/mol. The summed E-state index contributed by atoms with van der Waals surface area (Å²) in [4.78, 5) is 24.0.